The molecule has 0 aliphatic carbocycles. The molecule has 1 N–H and O–H groups in total. The van der Waals surface area contributed by atoms with Gasteiger partial charge in [-0.2, -0.15) is 0 Å². The molecular weight excluding hydrogens is 316 g/mol. The molecule has 1 fully saturated rings. The molecule has 0 saturated carbocycles. The third-order valence-corrected chi connectivity index (χ3v) is 4.51. The van der Waals surface area contributed by atoms with Gasteiger partial charge in [-0.3, -0.25) is 4.79 Å². The highest BCUT2D eigenvalue weighted by atomic mass is 16.5. The van der Waals surface area contributed by atoms with Gasteiger partial charge in [-0.15, -0.1) is 0 Å². The van der Waals surface area contributed by atoms with E-state index in [4.69, 9.17) is 4.74 Å². The summed E-state index contributed by atoms with van der Waals surface area (Å²) in [6, 6.07) is 9.70. The number of hydrogen-bond donors (Lipinski definition) is 1. The summed E-state index contributed by atoms with van der Waals surface area (Å²) in [7, 11) is 1.67. The molecule has 0 radical (unpaired) electrons. The van der Waals surface area contributed by atoms with Crippen LogP contribution in [0.2, 0.25) is 0 Å². The van der Waals surface area contributed by atoms with Crippen molar-refractivity contribution in [2.45, 2.75) is 19.3 Å². The quantitative estimate of drug-likeness (QED) is 0.872. The average Bonchev–Trinajstić information content (AvgIpc) is 2.69. The molecule has 6 heteroatoms. The second-order valence-electron chi connectivity index (χ2n) is 6.19. The monoisotopic (exact) mass is 340 g/mol. The summed E-state index contributed by atoms with van der Waals surface area (Å²) >= 11 is 0. The van der Waals surface area contributed by atoms with Crippen LogP contribution in [0.4, 0.5) is 5.95 Å². The maximum Gasteiger partial charge on any atom is 0.225 e. The summed E-state index contributed by atoms with van der Waals surface area (Å²) in [5.41, 5.74) is 1.10. The zero-order valence-corrected chi connectivity index (χ0v) is 14.5. The van der Waals surface area contributed by atoms with Gasteiger partial charge >= 0.3 is 0 Å². The van der Waals surface area contributed by atoms with Crippen LogP contribution in [0.3, 0.4) is 0 Å². The highest BCUT2D eigenvalue weighted by Crippen LogP contribution is 2.20. The van der Waals surface area contributed by atoms with E-state index in [-0.39, 0.29) is 11.8 Å². The smallest absolute Gasteiger partial charge is 0.225 e. The Morgan fingerprint density at radius 2 is 2.08 bits per heavy atom. The number of benzene rings is 1. The number of anilines is 1. The fourth-order valence-electron chi connectivity index (χ4n) is 3.20. The molecule has 0 spiro atoms. The van der Waals surface area contributed by atoms with E-state index in [1.54, 1.807) is 25.6 Å². The van der Waals surface area contributed by atoms with Gasteiger partial charge < -0.3 is 15.0 Å². The number of aromatic nitrogens is 2. The molecule has 132 valence electrons. The number of para-hydroxylation sites is 1. The molecular formula is C19H24N4O2. The van der Waals surface area contributed by atoms with Crippen molar-refractivity contribution in [3.05, 3.63) is 48.3 Å². The Morgan fingerprint density at radius 3 is 2.88 bits per heavy atom. The van der Waals surface area contributed by atoms with Crippen molar-refractivity contribution in [3.8, 4) is 5.75 Å². The number of methoxy groups -OCH3 is 1. The van der Waals surface area contributed by atoms with Crippen LogP contribution in [-0.2, 0) is 11.2 Å². The molecule has 6 nitrogen and oxygen atoms in total. The van der Waals surface area contributed by atoms with Crippen LogP contribution in [0.15, 0.2) is 42.7 Å². The summed E-state index contributed by atoms with van der Waals surface area (Å²) in [5, 5.41) is 3.06. The van der Waals surface area contributed by atoms with Crippen LogP contribution in [0.25, 0.3) is 0 Å². The largest absolute Gasteiger partial charge is 0.496 e. The van der Waals surface area contributed by atoms with Crippen molar-refractivity contribution in [1.29, 1.82) is 0 Å². The zero-order chi connectivity index (χ0) is 17.5. The molecule has 1 aliphatic rings. The van der Waals surface area contributed by atoms with Gasteiger partial charge in [-0.05, 0) is 37.0 Å². The minimum Gasteiger partial charge on any atom is -0.496 e. The molecule has 3 rings (SSSR count). The lowest BCUT2D eigenvalue weighted by atomic mass is 9.97. The van der Waals surface area contributed by atoms with Gasteiger partial charge in [0.15, 0.2) is 0 Å². The normalized spacial score (nSPS) is 17.2. The Hall–Kier alpha value is -2.63. The van der Waals surface area contributed by atoms with Gasteiger partial charge in [-0.1, -0.05) is 18.2 Å². The summed E-state index contributed by atoms with van der Waals surface area (Å²) < 4.78 is 5.35. The van der Waals surface area contributed by atoms with E-state index in [1.165, 1.54) is 0 Å². The summed E-state index contributed by atoms with van der Waals surface area (Å²) in [5.74, 6) is 1.65. The molecule has 1 aromatic heterocycles. The first kappa shape index (κ1) is 17.2. The Morgan fingerprint density at radius 1 is 1.28 bits per heavy atom. The second kappa shape index (κ2) is 8.46. The molecule has 2 heterocycles. The lowest BCUT2D eigenvalue weighted by molar-refractivity contribution is -0.125. The predicted molar refractivity (Wildman–Crippen MR) is 96.7 cm³/mol. The third-order valence-electron chi connectivity index (χ3n) is 4.51. The Balaban J connectivity index is 1.51. The third kappa shape index (κ3) is 4.47. The van der Waals surface area contributed by atoms with Gasteiger partial charge in [0.05, 0.1) is 13.0 Å². The summed E-state index contributed by atoms with van der Waals surface area (Å²) in [6.07, 6.45) is 6.11. The lowest BCUT2D eigenvalue weighted by Gasteiger charge is -2.31. The number of piperidine rings is 1. The number of ether oxygens (including phenoxy) is 1. The first-order valence-corrected chi connectivity index (χ1v) is 8.69. The van der Waals surface area contributed by atoms with E-state index in [1.807, 2.05) is 24.3 Å². The summed E-state index contributed by atoms with van der Waals surface area (Å²) in [6.45, 7) is 2.18. The Labute approximate surface area is 148 Å². The van der Waals surface area contributed by atoms with E-state index >= 15 is 0 Å². The predicted octanol–water partition coefficient (Wildman–Crippen LogP) is 2.06. The lowest BCUT2D eigenvalue weighted by Crippen LogP contribution is -2.44. The van der Waals surface area contributed by atoms with Crippen LogP contribution in [-0.4, -0.2) is 42.6 Å². The van der Waals surface area contributed by atoms with Crippen molar-refractivity contribution in [2.75, 3.05) is 31.6 Å². The van der Waals surface area contributed by atoms with Gasteiger partial charge in [0, 0.05) is 32.0 Å². The highest BCUT2D eigenvalue weighted by Gasteiger charge is 2.26. The van der Waals surface area contributed by atoms with E-state index < -0.39 is 0 Å². The van der Waals surface area contributed by atoms with Crippen molar-refractivity contribution >= 4 is 11.9 Å². The van der Waals surface area contributed by atoms with E-state index in [9.17, 15) is 4.79 Å². The Bertz CT molecular complexity index is 693. The number of amides is 1. The number of rotatable bonds is 6. The van der Waals surface area contributed by atoms with Gasteiger partial charge in [0.2, 0.25) is 11.9 Å². The van der Waals surface area contributed by atoms with Crippen molar-refractivity contribution in [1.82, 2.24) is 15.3 Å². The second-order valence-corrected chi connectivity index (χ2v) is 6.19. The molecule has 1 amide bonds. The molecule has 1 aliphatic heterocycles. The van der Waals surface area contributed by atoms with Crippen molar-refractivity contribution in [3.63, 3.8) is 0 Å². The average molecular weight is 340 g/mol. The number of hydrogen-bond acceptors (Lipinski definition) is 5. The minimum atomic E-state index is -0.0183. The van der Waals surface area contributed by atoms with Gasteiger partial charge in [0.1, 0.15) is 5.75 Å². The topological polar surface area (TPSA) is 67.3 Å². The van der Waals surface area contributed by atoms with E-state index in [2.05, 4.69) is 20.2 Å². The molecule has 2 aromatic rings. The molecule has 0 bridgehead atoms. The minimum absolute atomic E-state index is 0.0183. The number of nitrogens with one attached hydrogen (secondary N) is 1. The fourth-order valence-corrected chi connectivity index (χ4v) is 3.20. The molecule has 1 atom stereocenters. The molecule has 1 aromatic carbocycles. The molecule has 25 heavy (non-hydrogen) atoms. The fraction of sp³-hybridized carbons (Fsp3) is 0.421. The Kier molecular flexibility index (Phi) is 5.82. The van der Waals surface area contributed by atoms with Crippen LogP contribution in [0, 0.1) is 5.92 Å². The molecule has 1 saturated heterocycles. The SMILES string of the molecule is COc1ccccc1CCNC(=O)[C@@H]1CCCN(c2ncccn2)C1. The maximum absolute atomic E-state index is 12.5. The van der Waals surface area contributed by atoms with Crippen LogP contribution >= 0.6 is 0 Å². The van der Waals surface area contributed by atoms with E-state index in [0.29, 0.717) is 19.0 Å². The number of carbonyl (C=O) groups excluding carboxylic acids is 1. The molecule has 0 unspecified atom stereocenters. The first-order valence-electron chi connectivity index (χ1n) is 8.69. The van der Waals surface area contributed by atoms with Crippen LogP contribution < -0.4 is 15.0 Å². The zero-order valence-electron chi connectivity index (χ0n) is 14.5. The van der Waals surface area contributed by atoms with Crippen LogP contribution in [0.1, 0.15) is 18.4 Å². The number of carbonyl (C=O) groups is 1. The number of nitrogens with zero attached hydrogens (tertiary/aromatic N) is 3. The highest BCUT2D eigenvalue weighted by molar-refractivity contribution is 5.79. The maximum atomic E-state index is 12.5. The van der Waals surface area contributed by atoms with Gasteiger partial charge in [0.25, 0.3) is 0 Å². The summed E-state index contributed by atoms with van der Waals surface area (Å²) in [4.78, 5) is 23.2. The first-order chi connectivity index (χ1) is 12.3. The van der Waals surface area contributed by atoms with Gasteiger partial charge in [-0.25, -0.2) is 9.97 Å². The standard InChI is InChI=1S/C19H24N4O2/c1-25-17-8-3-2-6-15(17)9-12-20-18(24)16-7-4-13-23(14-16)19-21-10-5-11-22-19/h2-3,5-6,8,10-11,16H,4,7,9,12-14H2,1H3,(H,20,24)/t16-/m1/s1. The van der Waals surface area contributed by atoms with E-state index in [0.717, 1.165) is 37.1 Å². The van der Waals surface area contributed by atoms with Crippen molar-refractivity contribution in [2.24, 2.45) is 5.92 Å². The van der Waals surface area contributed by atoms with Crippen molar-refractivity contribution < 1.29 is 9.53 Å². The van der Waals surface area contributed by atoms with Crippen LogP contribution in [0.5, 0.6) is 5.75 Å².